The van der Waals surface area contributed by atoms with E-state index in [9.17, 15) is 14.9 Å². The first kappa shape index (κ1) is 15.7. The number of rotatable bonds is 3. The molecule has 1 amide bonds. The molecule has 0 saturated heterocycles. The second kappa shape index (κ2) is 6.52. The zero-order valence-corrected chi connectivity index (χ0v) is 14.0. The number of ketones is 1. The Morgan fingerprint density at radius 1 is 1.48 bits per heavy atom. The number of Topliss-reactive ketones (excluding diaryl/α,β-unsaturated/α-hetero) is 1. The maximum atomic E-state index is 12.7. The van der Waals surface area contributed by atoms with Crippen LogP contribution in [0.25, 0.3) is 0 Å². The van der Waals surface area contributed by atoms with Crippen LogP contribution >= 0.6 is 23.1 Å². The van der Waals surface area contributed by atoms with Crippen LogP contribution in [0.3, 0.4) is 0 Å². The monoisotopic (exact) mass is 343 g/mol. The predicted molar refractivity (Wildman–Crippen MR) is 89.9 cm³/mol. The molecule has 1 aliphatic rings. The topological polar surface area (TPSA) is 82.9 Å². The zero-order chi connectivity index (χ0) is 16.4. The normalized spacial score (nSPS) is 15.0. The maximum Gasteiger partial charge on any atom is 0.225 e. The Morgan fingerprint density at radius 3 is 3.00 bits per heavy atom. The quantitative estimate of drug-likeness (QED) is 0.864. The van der Waals surface area contributed by atoms with Gasteiger partial charge in [0.15, 0.2) is 11.7 Å². The predicted octanol–water partition coefficient (Wildman–Crippen LogP) is 3.38. The Hall–Kier alpha value is -2.17. The summed E-state index contributed by atoms with van der Waals surface area (Å²) in [5, 5.41) is 14.5. The summed E-state index contributed by atoms with van der Waals surface area (Å²) in [7, 11) is 0. The Labute approximate surface area is 141 Å². The summed E-state index contributed by atoms with van der Waals surface area (Å²) >= 11 is 2.89. The van der Waals surface area contributed by atoms with Gasteiger partial charge in [-0.3, -0.25) is 9.59 Å². The van der Waals surface area contributed by atoms with Crippen molar-refractivity contribution in [3.8, 4) is 6.07 Å². The number of fused-ring (bicyclic) bond motifs is 1. The van der Waals surface area contributed by atoms with E-state index in [1.807, 2.05) is 24.4 Å². The fourth-order valence-corrected chi connectivity index (χ4v) is 4.04. The molecule has 1 atom stereocenters. The number of hydrogen-bond acceptors (Lipinski definition) is 6. The van der Waals surface area contributed by atoms with Gasteiger partial charge in [0.2, 0.25) is 5.91 Å². The first-order valence-electron chi connectivity index (χ1n) is 7.01. The third-order valence-electron chi connectivity index (χ3n) is 3.40. The van der Waals surface area contributed by atoms with Crippen molar-refractivity contribution in [3.05, 3.63) is 39.8 Å². The van der Waals surface area contributed by atoms with Gasteiger partial charge in [-0.25, -0.2) is 4.98 Å². The molecule has 3 rings (SSSR count). The summed E-state index contributed by atoms with van der Waals surface area (Å²) in [4.78, 5) is 29.5. The summed E-state index contributed by atoms with van der Waals surface area (Å²) < 4.78 is 0. The van der Waals surface area contributed by atoms with E-state index in [4.69, 9.17) is 0 Å². The molecule has 0 spiro atoms. The lowest BCUT2D eigenvalue weighted by Crippen LogP contribution is -2.13. The van der Waals surface area contributed by atoms with Crippen molar-refractivity contribution >= 4 is 40.5 Å². The van der Waals surface area contributed by atoms with Crippen molar-refractivity contribution < 1.29 is 9.59 Å². The molecule has 5 nitrogen and oxygen atoms in total. The van der Waals surface area contributed by atoms with E-state index in [-0.39, 0.29) is 11.7 Å². The number of nitriles is 1. The Balaban J connectivity index is 1.93. The Bertz CT molecular complexity index is 823. The van der Waals surface area contributed by atoms with E-state index >= 15 is 0 Å². The van der Waals surface area contributed by atoms with Gasteiger partial charge in [-0.15, -0.1) is 23.1 Å². The zero-order valence-electron chi connectivity index (χ0n) is 12.3. The molecular formula is C16H13N3O2S2. The van der Waals surface area contributed by atoms with Crippen LogP contribution in [0.5, 0.6) is 0 Å². The highest BCUT2D eigenvalue weighted by atomic mass is 32.2. The number of thiazole rings is 1. The average Bonchev–Trinajstić information content (AvgIpc) is 2.86. The number of thioether (sulfide) groups is 1. The molecule has 7 heteroatoms. The van der Waals surface area contributed by atoms with Crippen LogP contribution in [-0.2, 0) is 4.79 Å². The summed E-state index contributed by atoms with van der Waals surface area (Å²) in [5.41, 5.74) is 1.84. The number of carbonyl (C=O) groups excluding carboxylic acids is 2. The van der Waals surface area contributed by atoms with Gasteiger partial charge in [0.1, 0.15) is 5.01 Å². The van der Waals surface area contributed by atoms with Gasteiger partial charge in [-0.1, -0.05) is 6.07 Å². The number of amides is 1. The number of hydrogen-bond donors (Lipinski definition) is 1. The van der Waals surface area contributed by atoms with Crippen molar-refractivity contribution in [2.75, 3.05) is 11.1 Å². The number of nitrogens with one attached hydrogen (secondary N) is 1. The fourth-order valence-electron chi connectivity index (χ4n) is 2.27. The van der Waals surface area contributed by atoms with Crippen LogP contribution in [0, 0.1) is 18.3 Å². The van der Waals surface area contributed by atoms with Gasteiger partial charge >= 0.3 is 0 Å². The van der Waals surface area contributed by atoms with E-state index in [1.165, 1.54) is 11.3 Å². The minimum atomic E-state index is -0.916. The number of nitrogens with zero attached hydrogens (tertiary/aromatic N) is 2. The molecule has 1 N–H and O–H groups in total. The largest absolute Gasteiger partial charge is 0.325 e. The highest BCUT2D eigenvalue weighted by molar-refractivity contribution is 7.99. The lowest BCUT2D eigenvalue weighted by Gasteiger charge is -2.10. The molecule has 1 aromatic heterocycles. The molecule has 0 bridgehead atoms. The van der Waals surface area contributed by atoms with Gasteiger partial charge in [0.25, 0.3) is 0 Å². The van der Waals surface area contributed by atoms with Crippen LogP contribution in [0.4, 0.5) is 5.69 Å². The maximum absolute atomic E-state index is 12.7. The van der Waals surface area contributed by atoms with E-state index in [0.717, 1.165) is 10.6 Å². The fraction of sp³-hybridized carbons (Fsp3) is 0.250. The first-order valence-corrected chi connectivity index (χ1v) is 8.87. The highest BCUT2D eigenvalue weighted by Crippen LogP contribution is 2.33. The van der Waals surface area contributed by atoms with Gasteiger partial charge in [0.05, 0.1) is 11.8 Å². The summed E-state index contributed by atoms with van der Waals surface area (Å²) in [5.74, 6) is -0.562. The van der Waals surface area contributed by atoms with Gasteiger partial charge in [-0.05, 0) is 19.1 Å². The molecule has 1 aromatic carbocycles. The standard InChI is InChI=1S/C16H13N3O2S2/c1-9-8-23-16(18-9)11(7-17)15(21)10-2-3-13-12(6-10)19-14(20)4-5-22-13/h2-3,6,8,11H,4-5H2,1H3,(H,19,20)/t11-/m0/s1. The average molecular weight is 343 g/mol. The molecule has 0 aliphatic carbocycles. The van der Waals surface area contributed by atoms with E-state index in [1.54, 1.807) is 23.9 Å². The van der Waals surface area contributed by atoms with Gasteiger partial charge in [0, 0.05) is 33.7 Å². The minimum Gasteiger partial charge on any atom is -0.325 e. The molecule has 23 heavy (non-hydrogen) atoms. The summed E-state index contributed by atoms with van der Waals surface area (Å²) in [6.07, 6.45) is 0.446. The van der Waals surface area contributed by atoms with Crippen LogP contribution in [0.15, 0.2) is 28.5 Å². The molecule has 2 heterocycles. The molecular weight excluding hydrogens is 330 g/mol. The van der Waals surface area contributed by atoms with Crippen molar-refractivity contribution in [1.82, 2.24) is 4.98 Å². The third kappa shape index (κ3) is 3.28. The molecule has 2 aromatic rings. The minimum absolute atomic E-state index is 0.0618. The molecule has 0 fully saturated rings. The van der Waals surface area contributed by atoms with E-state index in [2.05, 4.69) is 10.3 Å². The second-order valence-corrected chi connectivity index (χ2v) is 7.14. The highest BCUT2D eigenvalue weighted by Gasteiger charge is 2.26. The first-order chi connectivity index (χ1) is 11.1. The molecule has 0 radical (unpaired) electrons. The van der Waals surface area contributed by atoms with Crippen molar-refractivity contribution in [3.63, 3.8) is 0 Å². The molecule has 1 aliphatic heterocycles. The number of anilines is 1. The smallest absolute Gasteiger partial charge is 0.225 e. The third-order valence-corrected chi connectivity index (χ3v) is 5.50. The molecule has 0 unspecified atom stereocenters. The Morgan fingerprint density at radius 2 is 2.30 bits per heavy atom. The van der Waals surface area contributed by atoms with Gasteiger partial charge < -0.3 is 5.32 Å². The van der Waals surface area contributed by atoms with Crippen LogP contribution in [0.2, 0.25) is 0 Å². The summed E-state index contributed by atoms with van der Waals surface area (Å²) in [6.45, 7) is 1.83. The number of aryl methyl sites for hydroxylation is 1. The van der Waals surface area contributed by atoms with Crippen LogP contribution < -0.4 is 5.32 Å². The molecule has 0 saturated carbocycles. The number of carbonyl (C=O) groups is 2. The van der Waals surface area contributed by atoms with Crippen molar-refractivity contribution in [2.24, 2.45) is 0 Å². The summed E-state index contributed by atoms with van der Waals surface area (Å²) in [6, 6.07) is 7.21. The second-order valence-electron chi connectivity index (χ2n) is 5.11. The lowest BCUT2D eigenvalue weighted by molar-refractivity contribution is -0.115. The van der Waals surface area contributed by atoms with E-state index in [0.29, 0.717) is 28.4 Å². The number of aromatic nitrogens is 1. The SMILES string of the molecule is Cc1csc([C@@H](C#N)C(=O)c2ccc3c(c2)NC(=O)CCS3)n1. The van der Waals surface area contributed by atoms with E-state index < -0.39 is 5.92 Å². The van der Waals surface area contributed by atoms with Crippen LogP contribution in [-0.4, -0.2) is 22.4 Å². The van der Waals surface area contributed by atoms with Crippen molar-refractivity contribution in [2.45, 2.75) is 24.2 Å². The lowest BCUT2D eigenvalue weighted by atomic mass is 9.99. The molecule has 116 valence electrons. The van der Waals surface area contributed by atoms with Gasteiger partial charge in [-0.2, -0.15) is 5.26 Å². The van der Waals surface area contributed by atoms with Crippen molar-refractivity contribution in [1.29, 1.82) is 5.26 Å². The number of benzene rings is 1. The van der Waals surface area contributed by atoms with Crippen LogP contribution in [0.1, 0.15) is 33.4 Å². The Kier molecular flexibility index (Phi) is 4.46.